The molecule has 0 saturated heterocycles. The summed E-state index contributed by atoms with van der Waals surface area (Å²) in [7, 11) is 0. The number of nitrogens with one attached hydrogen (secondary N) is 1. The van der Waals surface area contributed by atoms with Crippen LogP contribution in [-0.2, 0) is 6.42 Å². The first-order valence-corrected chi connectivity index (χ1v) is 4.96. The zero-order chi connectivity index (χ0) is 10.5. The van der Waals surface area contributed by atoms with Crippen LogP contribution in [0.5, 0.6) is 0 Å². The average Bonchev–Trinajstić information content (AvgIpc) is 2.76. The van der Waals surface area contributed by atoms with E-state index in [0.717, 1.165) is 30.1 Å². The molecule has 0 spiro atoms. The molecule has 0 saturated carbocycles. The molecule has 0 fully saturated rings. The van der Waals surface area contributed by atoms with Gasteiger partial charge in [0, 0.05) is 19.2 Å². The average molecular weight is 203 g/mol. The van der Waals surface area contributed by atoms with E-state index in [2.05, 4.69) is 15.0 Å². The number of aryl methyl sites for hydroxylation is 1. The van der Waals surface area contributed by atoms with E-state index >= 15 is 0 Å². The van der Waals surface area contributed by atoms with E-state index in [9.17, 15) is 0 Å². The van der Waals surface area contributed by atoms with Crippen molar-refractivity contribution in [2.75, 3.05) is 6.61 Å². The standard InChI is InChI=1S/C11H13N3O/c15-7-3-5-11-13-8-10(14-11)9-4-1-2-6-12-9/h1-2,4,6,8,15H,3,5,7H2,(H,13,14). The predicted octanol–water partition coefficient (Wildman–Crippen LogP) is 1.40. The van der Waals surface area contributed by atoms with Crippen molar-refractivity contribution in [3.05, 3.63) is 36.4 Å². The molecule has 0 unspecified atom stereocenters. The fraction of sp³-hybridized carbons (Fsp3) is 0.273. The number of H-pyrrole nitrogens is 1. The second kappa shape index (κ2) is 4.70. The van der Waals surface area contributed by atoms with Crippen molar-refractivity contribution in [1.82, 2.24) is 15.0 Å². The number of rotatable bonds is 4. The van der Waals surface area contributed by atoms with Gasteiger partial charge in [-0.15, -0.1) is 0 Å². The minimum atomic E-state index is 0.194. The minimum Gasteiger partial charge on any atom is -0.396 e. The van der Waals surface area contributed by atoms with Gasteiger partial charge in [0.15, 0.2) is 0 Å². The van der Waals surface area contributed by atoms with Gasteiger partial charge in [0.25, 0.3) is 0 Å². The lowest BCUT2D eigenvalue weighted by molar-refractivity contribution is 0.287. The smallest absolute Gasteiger partial charge is 0.106 e. The van der Waals surface area contributed by atoms with E-state index in [4.69, 9.17) is 5.11 Å². The van der Waals surface area contributed by atoms with E-state index in [0.29, 0.717) is 0 Å². The zero-order valence-corrected chi connectivity index (χ0v) is 8.35. The molecular weight excluding hydrogens is 190 g/mol. The summed E-state index contributed by atoms with van der Waals surface area (Å²) in [5, 5.41) is 8.70. The molecule has 0 radical (unpaired) electrons. The Bertz CT molecular complexity index is 411. The number of nitrogens with zero attached hydrogens (tertiary/aromatic N) is 2. The Kier molecular flexibility index (Phi) is 3.09. The lowest BCUT2D eigenvalue weighted by Crippen LogP contribution is -1.91. The monoisotopic (exact) mass is 203 g/mol. The summed E-state index contributed by atoms with van der Waals surface area (Å²) in [6.45, 7) is 0.194. The maximum atomic E-state index is 8.70. The predicted molar refractivity (Wildman–Crippen MR) is 57.2 cm³/mol. The molecular formula is C11H13N3O. The molecule has 0 amide bonds. The van der Waals surface area contributed by atoms with E-state index < -0.39 is 0 Å². The lowest BCUT2D eigenvalue weighted by atomic mass is 10.3. The Morgan fingerprint density at radius 1 is 1.27 bits per heavy atom. The summed E-state index contributed by atoms with van der Waals surface area (Å²) < 4.78 is 0. The Morgan fingerprint density at radius 3 is 2.93 bits per heavy atom. The van der Waals surface area contributed by atoms with Gasteiger partial charge in [0.05, 0.1) is 17.6 Å². The van der Waals surface area contributed by atoms with Crippen LogP contribution in [0.2, 0.25) is 0 Å². The van der Waals surface area contributed by atoms with Crippen LogP contribution in [0.3, 0.4) is 0 Å². The molecule has 2 aromatic rings. The number of imidazole rings is 1. The van der Waals surface area contributed by atoms with Gasteiger partial charge < -0.3 is 10.1 Å². The van der Waals surface area contributed by atoms with E-state index in [1.807, 2.05) is 18.2 Å². The van der Waals surface area contributed by atoms with Gasteiger partial charge >= 0.3 is 0 Å². The van der Waals surface area contributed by atoms with Crippen molar-refractivity contribution < 1.29 is 5.11 Å². The molecule has 0 aliphatic heterocycles. The molecule has 4 heteroatoms. The molecule has 78 valence electrons. The first kappa shape index (κ1) is 9.86. The molecule has 0 bridgehead atoms. The molecule has 0 aliphatic rings. The number of aromatic nitrogens is 3. The maximum absolute atomic E-state index is 8.70. The van der Waals surface area contributed by atoms with Crippen LogP contribution in [0.25, 0.3) is 11.4 Å². The van der Waals surface area contributed by atoms with E-state index in [1.165, 1.54) is 0 Å². The van der Waals surface area contributed by atoms with Gasteiger partial charge in [0.1, 0.15) is 5.82 Å². The first-order chi connectivity index (χ1) is 7.40. The number of aromatic amines is 1. The SMILES string of the molecule is OCCCc1ncc(-c2ccccn2)[nH]1. The van der Waals surface area contributed by atoms with Crippen molar-refractivity contribution in [2.45, 2.75) is 12.8 Å². The number of pyridine rings is 1. The van der Waals surface area contributed by atoms with Crippen molar-refractivity contribution in [1.29, 1.82) is 0 Å². The minimum absolute atomic E-state index is 0.194. The third kappa shape index (κ3) is 2.41. The second-order valence-corrected chi connectivity index (χ2v) is 3.29. The normalized spacial score (nSPS) is 10.5. The molecule has 2 aromatic heterocycles. The first-order valence-electron chi connectivity index (χ1n) is 4.96. The van der Waals surface area contributed by atoms with Gasteiger partial charge in [-0.3, -0.25) is 4.98 Å². The highest BCUT2D eigenvalue weighted by Gasteiger charge is 2.02. The highest BCUT2D eigenvalue weighted by Crippen LogP contribution is 2.13. The molecule has 0 atom stereocenters. The van der Waals surface area contributed by atoms with Gasteiger partial charge in [-0.2, -0.15) is 0 Å². The number of hydrogen-bond donors (Lipinski definition) is 2. The van der Waals surface area contributed by atoms with Crippen molar-refractivity contribution in [3.63, 3.8) is 0 Å². The van der Waals surface area contributed by atoms with Crippen LogP contribution >= 0.6 is 0 Å². The summed E-state index contributed by atoms with van der Waals surface area (Å²) in [5.74, 6) is 0.893. The van der Waals surface area contributed by atoms with Crippen LogP contribution in [0, 0.1) is 0 Å². The second-order valence-electron chi connectivity index (χ2n) is 3.29. The van der Waals surface area contributed by atoms with Gasteiger partial charge in [-0.1, -0.05) is 6.07 Å². The molecule has 2 N–H and O–H groups in total. The fourth-order valence-electron chi connectivity index (χ4n) is 1.39. The molecule has 2 heterocycles. The highest BCUT2D eigenvalue weighted by molar-refractivity contribution is 5.52. The summed E-state index contributed by atoms with van der Waals surface area (Å²) >= 11 is 0. The topological polar surface area (TPSA) is 61.8 Å². The Balaban J connectivity index is 2.14. The third-order valence-electron chi connectivity index (χ3n) is 2.14. The zero-order valence-electron chi connectivity index (χ0n) is 8.35. The van der Waals surface area contributed by atoms with Crippen LogP contribution in [-0.4, -0.2) is 26.7 Å². The van der Waals surface area contributed by atoms with Crippen LogP contribution in [0.15, 0.2) is 30.6 Å². The van der Waals surface area contributed by atoms with Crippen LogP contribution < -0.4 is 0 Å². The molecule has 15 heavy (non-hydrogen) atoms. The Hall–Kier alpha value is -1.68. The number of hydrogen-bond acceptors (Lipinski definition) is 3. The molecule has 0 aromatic carbocycles. The largest absolute Gasteiger partial charge is 0.396 e. The summed E-state index contributed by atoms with van der Waals surface area (Å²) in [4.78, 5) is 11.6. The van der Waals surface area contributed by atoms with Crippen molar-refractivity contribution in [2.24, 2.45) is 0 Å². The van der Waals surface area contributed by atoms with Crippen molar-refractivity contribution >= 4 is 0 Å². The molecule has 4 nitrogen and oxygen atoms in total. The van der Waals surface area contributed by atoms with Gasteiger partial charge in [0.2, 0.25) is 0 Å². The summed E-state index contributed by atoms with van der Waals surface area (Å²) in [5.41, 5.74) is 1.81. The number of aliphatic hydroxyl groups excluding tert-OH is 1. The quantitative estimate of drug-likeness (QED) is 0.789. The van der Waals surface area contributed by atoms with Gasteiger partial charge in [-0.25, -0.2) is 4.98 Å². The van der Waals surface area contributed by atoms with Crippen molar-refractivity contribution in [3.8, 4) is 11.4 Å². The maximum Gasteiger partial charge on any atom is 0.106 e. The number of aliphatic hydroxyl groups is 1. The van der Waals surface area contributed by atoms with E-state index in [-0.39, 0.29) is 6.61 Å². The highest BCUT2D eigenvalue weighted by atomic mass is 16.2. The Labute approximate surface area is 88.0 Å². The molecule has 0 aliphatic carbocycles. The third-order valence-corrected chi connectivity index (χ3v) is 2.14. The van der Waals surface area contributed by atoms with Gasteiger partial charge in [-0.05, 0) is 18.6 Å². The Morgan fingerprint density at radius 2 is 2.20 bits per heavy atom. The van der Waals surface area contributed by atoms with Crippen LogP contribution in [0.1, 0.15) is 12.2 Å². The van der Waals surface area contributed by atoms with Crippen LogP contribution in [0.4, 0.5) is 0 Å². The lowest BCUT2D eigenvalue weighted by Gasteiger charge is -1.95. The molecule has 2 rings (SSSR count). The van der Waals surface area contributed by atoms with E-state index in [1.54, 1.807) is 12.4 Å². The fourth-order valence-corrected chi connectivity index (χ4v) is 1.39. The summed E-state index contributed by atoms with van der Waals surface area (Å²) in [6.07, 6.45) is 5.02. The summed E-state index contributed by atoms with van der Waals surface area (Å²) in [6, 6.07) is 5.76.